The minimum atomic E-state index is -4.08. The number of rotatable bonds is 1. The molecular weight excluding hydrogens is 251 g/mol. The first kappa shape index (κ1) is 14.4. The predicted octanol–water partition coefficient (Wildman–Crippen LogP) is 4.21. The van der Waals surface area contributed by atoms with Crippen LogP contribution in [0.4, 0.5) is 13.2 Å². The van der Waals surface area contributed by atoms with Crippen molar-refractivity contribution in [2.24, 2.45) is 11.7 Å². The van der Waals surface area contributed by atoms with Crippen LogP contribution < -0.4 is 5.73 Å². The van der Waals surface area contributed by atoms with Gasteiger partial charge < -0.3 is 5.73 Å². The molecule has 1 aliphatic carbocycles. The molecule has 1 aromatic carbocycles. The van der Waals surface area contributed by atoms with E-state index in [0.29, 0.717) is 12.8 Å². The lowest BCUT2D eigenvalue weighted by molar-refractivity contribution is -0.184. The summed E-state index contributed by atoms with van der Waals surface area (Å²) in [6.07, 6.45) is -3.01. The molecule has 1 nitrogen and oxygen atoms in total. The fourth-order valence-electron chi connectivity index (χ4n) is 3.02. The van der Waals surface area contributed by atoms with Gasteiger partial charge in [0.25, 0.3) is 0 Å². The van der Waals surface area contributed by atoms with Crippen LogP contribution in [0.25, 0.3) is 0 Å². The van der Waals surface area contributed by atoms with Crippen molar-refractivity contribution < 1.29 is 13.2 Å². The Morgan fingerprint density at radius 2 is 1.74 bits per heavy atom. The van der Waals surface area contributed by atoms with E-state index in [2.05, 4.69) is 0 Å². The average Bonchev–Trinajstić information content (AvgIpc) is 2.32. The van der Waals surface area contributed by atoms with Crippen molar-refractivity contribution in [2.75, 3.05) is 0 Å². The van der Waals surface area contributed by atoms with Gasteiger partial charge in [0.05, 0.1) is 5.92 Å². The zero-order chi connectivity index (χ0) is 14.3. The molecule has 0 bridgehead atoms. The number of hydrogen-bond acceptors (Lipinski definition) is 1. The number of benzene rings is 1. The highest BCUT2D eigenvalue weighted by molar-refractivity contribution is 5.38. The number of alkyl halides is 3. The minimum Gasteiger partial charge on any atom is -0.321 e. The van der Waals surface area contributed by atoms with Crippen molar-refractivity contribution in [2.45, 2.75) is 51.2 Å². The van der Waals surface area contributed by atoms with Crippen molar-refractivity contribution in [3.63, 3.8) is 0 Å². The van der Waals surface area contributed by atoms with E-state index >= 15 is 0 Å². The van der Waals surface area contributed by atoms with Gasteiger partial charge in [0, 0.05) is 5.54 Å². The van der Waals surface area contributed by atoms with E-state index in [0.717, 1.165) is 16.7 Å². The summed E-state index contributed by atoms with van der Waals surface area (Å²) in [5.41, 5.74) is 9.04. The zero-order valence-corrected chi connectivity index (χ0v) is 11.3. The summed E-state index contributed by atoms with van der Waals surface area (Å²) in [7, 11) is 0. The molecule has 0 radical (unpaired) electrons. The molecule has 1 aromatic rings. The van der Waals surface area contributed by atoms with E-state index in [1.807, 2.05) is 32.0 Å². The fraction of sp³-hybridized carbons (Fsp3) is 0.600. The van der Waals surface area contributed by atoms with E-state index in [1.165, 1.54) is 0 Å². The van der Waals surface area contributed by atoms with Crippen LogP contribution in [0, 0.1) is 19.8 Å². The van der Waals surface area contributed by atoms with E-state index < -0.39 is 17.6 Å². The Morgan fingerprint density at radius 1 is 1.16 bits per heavy atom. The number of aryl methyl sites for hydroxylation is 1. The number of halogens is 3. The molecule has 4 heteroatoms. The highest BCUT2D eigenvalue weighted by atomic mass is 19.4. The van der Waals surface area contributed by atoms with Gasteiger partial charge in [0.2, 0.25) is 0 Å². The highest BCUT2D eigenvalue weighted by Gasteiger charge is 2.45. The van der Waals surface area contributed by atoms with Crippen molar-refractivity contribution in [1.29, 1.82) is 0 Å². The largest absolute Gasteiger partial charge is 0.391 e. The van der Waals surface area contributed by atoms with Gasteiger partial charge >= 0.3 is 6.18 Å². The normalized spacial score (nSPS) is 28.4. The third-order valence-electron chi connectivity index (χ3n) is 4.48. The lowest BCUT2D eigenvalue weighted by Crippen LogP contribution is -2.43. The topological polar surface area (TPSA) is 26.0 Å². The van der Waals surface area contributed by atoms with Crippen LogP contribution in [0.2, 0.25) is 0 Å². The summed E-state index contributed by atoms with van der Waals surface area (Å²) in [5.74, 6) is -1.19. The van der Waals surface area contributed by atoms with Crippen LogP contribution in [0.3, 0.4) is 0 Å². The van der Waals surface area contributed by atoms with Crippen LogP contribution in [0.15, 0.2) is 18.2 Å². The second kappa shape index (κ2) is 4.82. The van der Waals surface area contributed by atoms with E-state index in [-0.39, 0.29) is 12.8 Å². The molecule has 1 fully saturated rings. The third-order valence-corrected chi connectivity index (χ3v) is 4.48. The van der Waals surface area contributed by atoms with Crippen molar-refractivity contribution in [3.8, 4) is 0 Å². The summed E-state index contributed by atoms with van der Waals surface area (Å²) in [6.45, 7) is 4.00. The maximum absolute atomic E-state index is 12.7. The monoisotopic (exact) mass is 271 g/mol. The number of nitrogens with two attached hydrogens (primary N) is 1. The molecule has 0 aliphatic heterocycles. The molecule has 0 amide bonds. The Hall–Kier alpha value is -1.03. The van der Waals surface area contributed by atoms with Gasteiger partial charge in [-0.1, -0.05) is 18.2 Å². The van der Waals surface area contributed by atoms with Gasteiger partial charge in [-0.15, -0.1) is 0 Å². The van der Waals surface area contributed by atoms with Crippen molar-refractivity contribution >= 4 is 0 Å². The molecule has 1 aliphatic rings. The third kappa shape index (κ3) is 2.78. The lowest BCUT2D eigenvalue weighted by Gasteiger charge is -2.39. The maximum Gasteiger partial charge on any atom is 0.391 e. The molecule has 19 heavy (non-hydrogen) atoms. The quantitative estimate of drug-likeness (QED) is 0.813. The Kier molecular flexibility index (Phi) is 3.65. The fourth-order valence-corrected chi connectivity index (χ4v) is 3.02. The first-order valence-electron chi connectivity index (χ1n) is 6.66. The smallest absolute Gasteiger partial charge is 0.321 e. The maximum atomic E-state index is 12.7. The Balaban J connectivity index is 2.21. The SMILES string of the molecule is Cc1cccc(C2(N)CCC(C(F)(F)F)CC2)c1C. The zero-order valence-electron chi connectivity index (χ0n) is 11.3. The molecule has 0 unspecified atom stereocenters. The predicted molar refractivity (Wildman–Crippen MR) is 69.8 cm³/mol. The second-order valence-electron chi connectivity index (χ2n) is 5.72. The summed E-state index contributed by atoms with van der Waals surface area (Å²) in [4.78, 5) is 0. The molecule has 0 atom stereocenters. The van der Waals surface area contributed by atoms with E-state index in [9.17, 15) is 13.2 Å². The van der Waals surface area contributed by atoms with Crippen LogP contribution in [0.5, 0.6) is 0 Å². The van der Waals surface area contributed by atoms with Gasteiger partial charge in [-0.05, 0) is 56.2 Å². The average molecular weight is 271 g/mol. The van der Waals surface area contributed by atoms with Crippen molar-refractivity contribution in [3.05, 3.63) is 34.9 Å². The van der Waals surface area contributed by atoms with Gasteiger partial charge in [0.1, 0.15) is 0 Å². The molecule has 0 saturated heterocycles. The summed E-state index contributed by atoms with van der Waals surface area (Å²) >= 11 is 0. The van der Waals surface area contributed by atoms with Crippen molar-refractivity contribution in [1.82, 2.24) is 0 Å². The van der Waals surface area contributed by atoms with Gasteiger partial charge in [0.15, 0.2) is 0 Å². The lowest BCUT2D eigenvalue weighted by atomic mass is 9.71. The molecule has 0 spiro atoms. The molecular formula is C15H20F3N. The Morgan fingerprint density at radius 3 is 2.26 bits per heavy atom. The molecule has 2 rings (SSSR count). The van der Waals surface area contributed by atoms with E-state index in [4.69, 9.17) is 5.73 Å². The van der Waals surface area contributed by atoms with Gasteiger partial charge in [-0.2, -0.15) is 13.2 Å². The van der Waals surface area contributed by atoms with Gasteiger partial charge in [-0.25, -0.2) is 0 Å². The molecule has 106 valence electrons. The molecule has 2 N–H and O–H groups in total. The standard InChI is InChI=1S/C15H20F3N/c1-10-4-3-5-13(11(10)2)14(19)8-6-12(7-9-14)15(16,17)18/h3-5,12H,6-9,19H2,1-2H3. The first-order valence-corrected chi connectivity index (χ1v) is 6.66. The Labute approximate surface area is 112 Å². The van der Waals surface area contributed by atoms with Crippen LogP contribution in [-0.2, 0) is 5.54 Å². The van der Waals surface area contributed by atoms with Crippen LogP contribution in [0.1, 0.15) is 42.4 Å². The molecule has 0 aromatic heterocycles. The Bertz CT molecular complexity index is 457. The van der Waals surface area contributed by atoms with Gasteiger partial charge in [-0.3, -0.25) is 0 Å². The highest BCUT2D eigenvalue weighted by Crippen LogP contribution is 2.44. The summed E-state index contributed by atoms with van der Waals surface area (Å²) in [5, 5.41) is 0. The molecule has 1 saturated carbocycles. The molecule has 0 heterocycles. The summed E-state index contributed by atoms with van der Waals surface area (Å²) < 4.78 is 38.1. The first-order chi connectivity index (χ1) is 8.74. The van der Waals surface area contributed by atoms with E-state index in [1.54, 1.807) is 0 Å². The summed E-state index contributed by atoms with van der Waals surface area (Å²) in [6, 6.07) is 5.89. The van der Waals surface area contributed by atoms with Crippen LogP contribution >= 0.6 is 0 Å². The minimum absolute atomic E-state index is 0.132. The van der Waals surface area contributed by atoms with Crippen LogP contribution in [-0.4, -0.2) is 6.18 Å². The second-order valence-corrected chi connectivity index (χ2v) is 5.72. The number of hydrogen-bond donors (Lipinski definition) is 1.